The maximum Gasteiger partial charge on any atom is 0.0622 e. The molecule has 0 unspecified atom stereocenters. The predicted molar refractivity (Wildman–Crippen MR) is 82.3 cm³/mol. The number of hydrogen-bond acceptors (Lipinski definition) is 4. The van der Waals surface area contributed by atoms with E-state index >= 15 is 0 Å². The molecular formula is C17H26N2O2. The van der Waals surface area contributed by atoms with E-state index in [1.165, 1.54) is 31.5 Å². The second kappa shape index (κ2) is 7.87. The van der Waals surface area contributed by atoms with Gasteiger partial charge in [0, 0.05) is 45.2 Å². The zero-order valence-electron chi connectivity index (χ0n) is 12.7. The Morgan fingerprint density at radius 3 is 2.43 bits per heavy atom. The first-order valence-electron chi connectivity index (χ1n) is 8.24. The Morgan fingerprint density at radius 2 is 1.71 bits per heavy atom. The molecule has 0 amide bonds. The standard InChI is InChI=1S/C17H26N2O2/c1-8-18-9-2-15(1)3-10-19-11-4-16(5-12-19)21-17-6-13-20-14-7-17/h1-2,8-9,16-17H,3-7,10-14H2. The molecule has 3 heterocycles. The summed E-state index contributed by atoms with van der Waals surface area (Å²) in [5, 5.41) is 0. The van der Waals surface area contributed by atoms with Crippen LogP contribution in [-0.2, 0) is 15.9 Å². The van der Waals surface area contributed by atoms with E-state index in [2.05, 4.69) is 22.0 Å². The molecule has 3 rings (SSSR count). The molecule has 0 saturated carbocycles. The first-order valence-corrected chi connectivity index (χ1v) is 8.24. The molecule has 4 heteroatoms. The minimum atomic E-state index is 0.437. The van der Waals surface area contributed by atoms with Gasteiger partial charge in [0.2, 0.25) is 0 Å². The summed E-state index contributed by atoms with van der Waals surface area (Å²) < 4.78 is 11.6. The topological polar surface area (TPSA) is 34.6 Å². The largest absolute Gasteiger partial charge is 0.381 e. The zero-order valence-corrected chi connectivity index (χ0v) is 12.7. The Bertz CT molecular complexity index is 399. The van der Waals surface area contributed by atoms with Crippen molar-refractivity contribution in [3.8, 4) is 0 Å². The third-order valence-corrected chi connectivity index (χ3v) is 4.55. The molecule has 2 saturated heterocycles. The normalized spacial score (nSPS) is 22.5. The van der Waals surface area contributed by atoms with E-state index < -0.39 is 0 Å². The molecule has 0 N–H and O–H groups in total. The molecule has 2 aliphatic rings. The van der Waals surface area contributed by atoms with Gasteiger partial charge in [-0.15, -0.1) is 0 Å². The van der Waals surface area contributed by atoms with Gasteiger partial charge in [-0.1, -0.05) is 0 Å². The van der Waals surface area contributed by atoms with Gasteiger partial charge >= 0.3 is 0 Å². The fourth-order valence-electron chi connectivity index (χ4n) is 3.19. The highest BCUT2D eigenvalue weighted by Crippen LogP contribution is 2.20. The molecule has 0 radical (unpaired) electrons. The van der Waals surface area contributed by atoms with Gasteiger partial charge in [-0.25, -0.2) is 0 Å². The van der Waals surface area contributed by atoms with Crippen LogP contribution in [0.5, 0.6) is 0 Å². The van der Waals surface area contributed by atoms with E-state index in [1.54, 1.807) is 0 Å². The highest BCUT2D eigenvalue weighted by molar-refractivity contribution is 5.09. The molecule has 4 nitrogen and oxygen atoms in total. The van der Waals surface area contributed by atoms with Crippen molar-refractivity contribution in [2.45, 2.75) is 44.3 Å². The van der Waals surface area contributed by atoms with Gasteiger partial charge in [-0.3, -0.25) is 4.98 Å². The van der Waals surface area contributed by atoms with E-state index in [9.17, 15) is 0 Å². The van der Waals surface area contributed by atoms with Crippen LogP contribution in [0.25, 0.3) is 0 Å². The summed E-state index contributed by atoms with van der Waals surface area (Å²) in [6.07, 6.45) is 10.3. The lowest BCUT2D eigenvalue weighted by atomic mass is 10.1. The number of pyridine rings is 1. The lowest BCUT2D eigenvalue weighted by Gasteiger charge is -2.34. The van der Waals surface area contributed by atoms with Crippen LogP contribution in [0.3, 0.4) is 0 Å². The van der Waals surface area contributed by atoms with E-state index in [-0.39, 0.29) is 0 Å². The van der Waals surface area contributed by atoms with Crippen molar-refractivity contribution < 1.29 is 9.47 Å². The number of nitrogens with zero attached hydrogens (tertiary/aromatic N) is 2. The Balaban J connectivity index is 1.35. The molecule has 0 atom stereocenters. The van der Waals surface area contributed by atoms with Gasteiger partial charge in [0.15, 0.2) is 0 Å². The molecule has 1 aromatic heterocycles. The van der Waals surface area contributed by atoms with Gasteiger partial charge in [0.05, 0.1) is 12.2 Å². The molecular weight excluding hydrogens is 264 g/mol. The van der Waals surface area contributed by atoms with Crippen molar-refractivity contribution in [3.63, 3.8) is 0 Å². The van der Waals surface area contributed by atoms with Gasteiger partial charge in [0.25, 0.3) is 0 Å². The molecule has 2 aliphatic heterocycles. The molecule has 1 aromatic rings. The highest BCUT2D eigenvalue weighted by Gasteiger charge is 2.23. The van der Waals surface area contributed by atoms with Crippen molar-refractivity contribution >= 4 is 0 Å². The number of likely N-dealkylation sites (tertiary alicyclic amines) is 1. The van der Waals surface area contributed by atoms with Gasteiger partial charge in [-0.05, 0) is 49.8 Å². The minimum Gasteiger partial charge on any atom is -0.381 e. The van der Waals surface area contributed by atoms with E-state index in [0.29, 0.717) is 12.2 Å². The smallest absolute Gasteiger partial charge is 0.0622 e. The SMILES string of the molecule is c1cc(CCN2CCC(OC3CCOCC3)CC2)ccn1. The predicted octanol–water partition coefficient (Wildman–Crippen LogP) is 2.28. The Kier molecular flexibility index (Phi) is 5.60. The van der Waals surface area contributed by atoms with Gasteiger partial charge < -0.3 is 14.4 Å². The third kappa shape index (κ3) is 4.77. The van der Waals surface area contributed by atoms with E-state index in [0.717, 1.165) is 39.0 Å². The first-order chi connectivity index (χ1) is 10.4. The van der Waals surface area contributed by atoms with Crippen LogP contribution in [-0.4, -0.2) is 54.9 Å². The van der Waals surface area contributed by atoms with Gasteiger partial charge in [-0.2, -0.15) is 0 Å². The molecule has 0 bridgehead atoms. The van der Waals surface area contributed by atoms with E-state index in [1.807, 2.05) is 12.4 Å². The summed E-state index contributed by atoms with van der Waals surface area (Å²) in [5.41, 5.74) is 1.38. The van der Waals surface area contributed by atoms with Crippen LogP contribution in [0.2, 0.25) is 0 Å². The Labute approximate surface area is 127 Å². The summed E-state index contributed by atoms with van der Waals surface area (Å²) in [6.45, 7) is 5.22. The lowest BCUT2D eigenvalue weighted by Crippen LogP contribution is -2.40. The maximum atomic E-state index is 6.23. The molecule has 0 aromatic carbocycles. The van der Waals surface area contributed by atoms with Crippen LogP contribution in [0.4, 0.5) is 0 Å². The number of aromatic nitrogens is 1. The average Bonchev–Trinajstić information content (AvgIpc) is 2.56. The zero-order chi connectivity index (χ0) is 14.3. The van der Waals surface area contributed by atoms with Crippen molar-refractivity contribution in [3.05, 3.63) is 30.1 Å². The highest BCUT2D eigenvalue weighted by atomic mass is 16.5. The van der Waals surface area contributed by atoms with Gasteiger partial charge in [0.1, 0.15) is 0 Å². The number of piperidine rings is 1. The summed E-state index contributed by atoms with van der Waals surface area (Å²) >= 11 is 0. The summed E-state index contributed by atoms with van der Waals surface area (Å²) in [7, 11) is 0. The number of rotatable bonds is 5. The monoisotopic (exact) mass is 290 g/mol. The van der Waals surface area contributed by atoms with Crippen LogP contribution in [0.1, 0.15) is 31.2 Å². The maximum absolute atomic E-state index is 6.23. The molecule has 116 valence electrons. The Hall–Kier alpha value is -0.970. The van der Waals surface area contributed by atoms with Crippen LogP contribution in [0.15, 0.2) is 24.5 Å². The van der Waals surface area contributed by atoms with Crippen LogP contribution < -0.4 is 0 Å². The van der Waals surface area contributed by atoms with E-state index in [4.69, 9.17) is 9.47 Å². The molecule has 0 spiro atoms. The fourth-order valence-corrected chi connectivity index (χ4v) is 3.19. The van der Waals surface area contributed by atoms with Crippen molar-refractivity contribution in [2.24, 2.45) is 0 Å². The third-order valence-electron chi connectivity index (χ3n) is 4.55. The minimum absolute atomic E-state index is 0.437. The van der Waals surface area contributed by atoms with Crippen molar-refractivity contribution in [2.75, 3.05) is 32.8 Å². The summed E-state index contributed by atoms with van der Waals surface area (Å²) in [6, 6.07) is 4.22. The first kappa shape index (κ1) is 14.9. The number of hydrogen-bond donors (Lipinski definition) is 0. The summed E-state index contributed by atoms with van der Waals surface area (Å²) in [4.78, 5) is 6.63. The molecule has 0 aliphatic carbocycles. The summed E-state index contributed by atoms with van der Waals surface area (Å²) in [5.74, 6) is 0. The average molecular weight is 290 g/mol. The quantitative estimate of drug-likeness (QED) is 0.833. The van der Waals surface area contributed by atoms with Crippen molar-refractivity contribution in [1.82, 2.24) is 9.88 Å². The van der Waals surface area contributed by atoms with Crippen LogP contribution in [0, 0.1) is 0 Å². The number of ether oxygens (including phenoxy) is 2. The second-order valence-electron chi connectivity index (χ2n) is 6.09. The molecule has 2 fully saturated rings. The second-order valence-corrected chi connectivity index (χ2v) is 6.09. The fraction of sp³-hybridized carbons (Fsp3) is 0.706. The van der Waals surface area contributed by atoms with Crippen LogP contribution >= 0.6 is 0 Å². The lowest BCUT2D eigenvalue weighted by molar-refractivity contribution is -0.0845. The Morgan fingerprint density at radius 1 is 1.05 bits per heavy atom. The van der Waals surface area contributed by atoms with Crippen molar-refractivity contribution in [1.29, 1.82) is 0 Å². The molecule has 21 heavy (non-hydrogen) atoms.